The van der Waals surface area contributed by atoms with E-state index in [1.807, 2.05) is 0 Å². The van der Waals surface area contributed by atoms with E-state index >= 15 is 0 Å². The smallest absolute Gasteiger partial charge is 0.408 e. The minimum Gasteiger partial charge on any atom is -0.467 e. The molecule has 7 nitrogen and oxygen atoms in total. The van der Waals surface area contributed by atoms with Crippen LogP contribution >= 0.6 is 0 Å². The molecule has 0 aromatic rings. The van der Waals surface area contributed by atoms with Gasteiger partial charge < -0.3 is 20.1 Å². The predicted octanol–water partition coefficient (Wildman–Crippen LogP) is 3.70. The van der Waals surface area contributed by atoms with Crippen LogP contribution in [0, 0.1) is 11.8 Å². The van der Waals surface area contributed by atoms with Gasteiger partial charge in [-0.15, -0.1) is 0 Å². The lowest BCUT2D eigenvalue weighted by Crippen LogP contribution is -2.53. The van der Waals surface area contributed by atoms with Gasteiger partial charge in [0.05, 0.1) is 7.11 Å². The molecule has 2 atom stereocenters. The summed E-state index contributed by atoms with van der Waals surface area (Å²) in [4.78, 5) is 37.6. The maximum atomic E-state index is 13.0. The molecule has 2 aliphatic rings. The molecule has 0 bridgehead atoms. The summed E-state index contributed by atoms with van der Waals surface area (Å²) in [6.07, 6.45) is 9.43. The maximum absolute atomic E-state index is 13.0. The van der Waals surface area contributed by atoms with Gasteiger partial charge >= 0.3 is 12.1 Å². The van der Waals surface area contributed by atoms with Gasteiger partial charge in [-0.05, 0) is 45.4 Å². The molecule has 0 unspecified atom stereocenters. The van der Waals surface area contributed by atoms with Crippen molar-refractivity contribution in [3.8, 4) is 0 Å². The fourth-order valence-corrected chi connectivity index (χ4v) is 4.47. The van der Waals surface area contributed by atoms with Crippen molar-refractivity contribution in [1.82, 2.24) is 10.6 Å². The molecule has 2 aliphatic carbocycles. The number of amides is 2. The average Bonchev–Trinajstić information content (AvgIpc) is 3.32. The first-order chi connectivity index (χ1) is 13.7. The van der Waals surface area contributed by atoms with E-state index in [0.717, 1.165) is 51.4 Å². The summed E-state index contributed by atoms with van der Waals surface area (Å²) in [5.74, 6) is 0.0527. The minimum atomic E-state index is -0.719. The molecule has 2 rings (SSSR count). The molecular weight excluding hydrogens is 372 g/mol. The predicted molar refractivity (Wildman–Crippen MR) is 110 cm³/mol. The third-order valence-electron chi connectivity index (χ3n) is 5.90. The highest BCUT2D eigenvalue weighted by molar-refractivity contribution is 5.89. The Balaban J connectivity index is 2.03. The number of carbonyl (C=O) groups is 3. The maximum Gasteiger partial charge on any atom is 0.408 e. The topological polar surface area (TPSA) is 93.7 Å². The molecule has 2 fully saturated rings. The number of hydrogen-bond donors (Lipinski definition) is 2. The summed E-state index contributed by atoms with van der Waals surface area (Å²) in [5, 5.41) is 5.58. The van der Waals surface area contributed by atoms with Crippen LogP contribution in [0.5, 0.6) is 0 Å². The SMILES string of the molecule is COC(=O)[C@H](CC1CCCC1)NC(=O)[C@@H](CC1CCCC1)NC(=O)OC(C)(C)C. The van der Waals surface area contributed by atoms with Crippen LogP contribution in [0.3, 0.4) is 0 Å². The Kier molecular flexibility index (Phi) is 8.78. The molecule has 2 saturated carbocycles. The highest BCUT2D eigenvalue weighted by Gasteiger charge is 2.33. The second kappa shape index (κ2) is 10.8. The van der Waals surface area contributed by atoms with Crippen molar-refractivity contribution in [2.75, 3.05) is 7.11 Å². The van der Waals surface area contributed by atoms with Crippen LogP contribution in [-0.2, 0) is 19.1 Å². The quantitative estimate of drug-likeness (QED) is 0.595. The fourth-order valence-electron chi connectivity index (χ4n) is 4.47. The van der Waals surface area contributed by atoms with Gasteiger partial charge in [0.1, 0.15) is 17.7 Å². The zero-order valence-electron chi connectivity index (χ0n) is 18.4. The Hall–Kier alpha value is -1.79. The van der Waals surface area contributed by atoms with Crippen molar-refractivity contribution in [3.05, 3.63) is 0 Å². The van der Waals surface area contributed by atoms with Gasteiger partial charge in [-0.2, -0.15) is 0 Å². The first-order valence-electron chi connectivity index (χ1n) is 11.1. The third kappa shape index (κ3) is 8.23. The second-order valence-electron chi connectivity index (χ2n) is 9.56. The summed E-state index contributed by atoms with van der Waals surface area (Å²) in [6.45, 7) is 5.36. The van der Waals surface area contributed by atoms with Crippen molar-refractivity contribution in [1.29, 1.82) is 0 Å². The molecule has 0 aromatic heterocycles. The molecule has 0 aromatic carbocycles. The number of alkyl carbamates (subject to hydrolysis) is 1. The van der Waals surface area contributed by atoms with Crippen molar-refractivity contribution in [2.24, 2.45) is 11.8 Å². The van der Waals surface area contributed by atoms with E-state index in [-0.39, 0.29) is 5.91 Å². The summed E-state index contributed by atoms with van der Waals surface area (Å²) >= 11 is 0. The monoisotopic (exact) mass is 410 g/mol. The molecule has 0 spiro atoms. The van der Waals surface area contributed by atoms with Crippen molar-refractivity contribution < 1.29 is 23.9 Å². The number of rotatable bonds is 8. The van der Waals surface area contributed by atoms with Crippen molar-refractivity contribution in [2.45, 2.75) is 103 Å². The Bertz CT molecular complexity index is 560. The molecule has 29 heavy (non-hydrogen) atoms. The zero-order valence-corrected chi connectivity index (χ0v) is 18.4. The van der Waals surface area contributed by atoms with Crippen LogP contribution in [0.25, 0.3) is 0 Å². The van der Waals surface area contributed by atoms with Crippen LogP contribution < -0.4 is 10.6 Å². The molecule has 7 heteroatoms. The Morgan fingerprint density at radius 1 is 0.862 bits per heavy atom. The highest BCUT2D eigenvalue weighted by atomic mass is 16.6. The minimum absolute atomic E-state index is 0.337. The highest BCUT2D eigenvalue weighted by Crippen LogP contribution is 2.30. The van der Waals surface area contributed by atoms with E-state index in [4.69, 9.17) is 9.47 Å². The Morgan fingerprint density at radius 2 is 1.34 bits per heavy atom. The first-order valence-corrected chi connectivity index (χ1v) is 11.1. The largest absolute Gasteiger partial charge is 0.467 e. The van der Waals surface area contributed by atoms with E-state index < -0.39 is 29.7 Å². The van der Waals surface area contributed by atoms with Gasteiger partial charge in [0.2, 0.25) is 5.91 Å². The van der Waals surface area contributed by atoms with E-state index in [1.165, 1.54) is 7.11 Å². The fraction of sp³-hybridized carbons (Fsp3) is 0.864. The number of carbonyl (C=O) groups excluding carboxylic acids is 3. The van der Waals surface area contributed by atoms with Gasteiger partial charge in [0.25, 0.3) is 0 Å². The summed E-state index contributed by atoms with van der Waals surface area (Å²) in [6, 6.07) is -1.40. The van der Waals surface area contributed by atoms with Crippen LogP contribution in [-0.4, -0.2) is 42.8 Å². The van der Waals surface area contributed by atoms with E-state index in [2.05, 4.69) is 10.6 Å². The van der Waals surface area contributed by atoms with E-state index in [1.54, 1.807) is 20.8 Å². The summed E-state index contributed by atoms with van der Waals surface area (Å²) in [7, 11) is 1.34. The number of esters is 1. The molecule has 2 N–H and O–H groups in total. The van der Waals surface area contributed by atoms with Crippen LogP contribution in [0.1, 0.15) is 85.0 Å². The van der Waals surface area contributed by atoms with Gasteiger partial charge in [-0.1, -0.05) is 51.4 Å². The Morgan fingerprint density at radius 3 is 1.79 bits per heavy atom. The normalized spacial score (nSPS) is 20.1. The summed E-state index contributed by atoms with van der Waals surface area (Å²) in [5.41, 5.74) is -0.643. The lowest BCUT2D eigenvalue weighted by molar-refractivity contribution is -0.145. The number of nitrogens with one attached hydrogen (secondary N) is 2. The first kappa shape index (κ1) is 23.5. The lowest BCUT2D eigenvalue weighted by atomic mass is 9.96. The van der Waals surface area contributed by atoms with Gasteiger partial charge in [0, 0.05) is 0 Å². The average molecular weight is 411 g/mol. The van der Waals surface area contributed by atoms with Crippen LogP contribution in [0.2, 0.25) is 0 Å². The van der Waals surface area contributed by atoms with Gasteiger partial charge in [0.15, 0.2) is 0 Å². The molecular formula is C22H38N2O5. The third-order valence-corrected chi connectivity index (χ3v) is 5.90. The second-order valence-corrected chi connectivity index (χ2v) is 9.56. The number of hydrogen-bond acceptors (Lipinski definition) is 5. The standard InChI is InChI=1S/C22H38N2O5/c1-22(2,3)29-21(27)24-17(13-15-9-5-6-10-15)19(25)23-18(20(26)28-4)14-16-11-7-8-12-16/h15-18H,5-14H2,1-4H3,(H,23,25)(H,24,27)/t17-,18+/m1/s1. The Labute approximate surface area is 174 Å². The molecule has 166 valence electrons. The molecule has 0 radical (unpaired) electrons. The van der Waals surface area contributed by atoms with Gasteiger partial charge in [-0.3, -0.25) is 4.79 Å². The molecule has 0 aliphatic heterocycles. The van der Waals surface area contributed by atoms with Crippen LogP contribution in [0.4, 0.5) is 4.79 Å². The molecule has 0 saturated heterocycles. The number of methoxy groups -OCH3 is 1. The van der Waals surface area contributed by atoms with E-state index in [9.17, 15) is 14.4 Å². The molecule has 0 heterocycles. The number of ether oxygens (including phenoxy) is 2. The van der Waals surface area contributed by atoms with E-state index in [0.29, 0.717) is 24.7 Å². The van der Waals surface area contributed by atoms with Crippen LogP contribution in [0.15, 0.2) is 0 Å². The van der Waals surface area contributed by atoms with Crippen molar-refractivity contribution in [3.63, 3.8) is 0 Å². The zero-order chi connectivity index (χ0) is 21.4. The molecule has 2 amide bonds. The van der Waals surface area contributed by atoms with Crippen molar-refractivity contribution >= 4 is 18.0 Å². The summed E-state index contributed by atoms with van der Waals surface area (Å²) < 4.78 is 10.3. The lowest BCUT2D eigenvalue weighted by Gasteiger charge is -2.27. The van der Waals surface area contributed by atoms with Gasteiger partial charge in [-0.25, -0.2) is 9.59 Å².